The van der Waals surface area contributed by atoms with Crippen molar-refractivity contribution in [3.63, 3.8) is 0 Å². The number of rotatable bonds is 5. The van der Waals surface area contributed by atoms with Gasteiger partial charge < -0.3 is 10.1 Å². The molecule has 1 aliphatic heterocycles. The number of hydrogen-bond donors (Lipinski definition) is 1. The van der Waals surface area contributed by atoms with Gasteiger partial charge in [0, 0.05) is 12.6 Å². The van der Waals surface area contributed by atoms with Crippen LogP contribution in [0.5, 0.6) is 0 Å². The molecule has 0 spiro atoms. The van der Waals surface area contributed by atoms with Crippen molar-refractivity contribution in [2.75, 3.05) is 13.2 Å². The summed E-state index contributed by atoms with van der Waals surface area (Å²) in [6.07, 6.45) is 9.34. The van der Waals surface area contributed by atoms with Crippen molar-refractivity contribution in [3.05, 3.63) is 35.4 Å². The van der Waals surface area contributed by atoms with Gasteiger partial charge >= 0.3 is 0 Å². The number of aryl methyl sites for hydroxylation is 1. The highest BCUT2D eigenvalue weighted by Crippen LogP contribution is 2.37. The number of nitrogens with one attached hydrogen (secondary N) is 1. The Kier molecular flexibility index (Phi) is 5.32. The monoisotopic (exact) mass is 287 g/mol. The molecule has 21 heavy (non-hydrogen) atoms. The minimum atomic E-state index is 0.506. The molecule has 1 heterocycles. The first-order chi connectivity index (χ1) is 10.4. The molecule has 0 bridgehead atoms. The van der Waals surface area contributed by atoms with Gasteiger partial charge in [0.1, 0.15) is 0 Å². The van der Waals surface area contributed by atoms with Gasteiger partial charge in [-0.25, -0.2) is 0 Å². The van der Waals surface area contributed by atoms with E-state index in [1.54, 1.807) is 11.1 Å². The molecule has 1 saturated heterocycles. The lowest BCUT2D eigenvalue weighted by atomic mass is 9.86. The molecule has 1 N–H and O–H groups in total. The average molecular weight is 287 g/mol. The molecule has 0 aromatic heterocycles. The molecule has 3 atom stereocenters. The van der Waals surface area contributed by atoms with Crippen LogP contribution in [0.2, 0.25) is 0 Å². The van der Waals surface area contributed by atoms with Gasteiger partial charge in [0.2, 0.25) is 0 Å². The molecule has 1 fully saturated rings. The van der Waals surface area contributed by atoms with Gasteiger partial charge in [-0.2, -0.15) is 0 Å². The normalized spacial score (nSPS) is 29.1. The van der Waals surface area contributed by atoms with Crippen LogP contribution in [0.1, 0.15) is 62.6 Å². The van der Waals surface area contributed by atoms with E-state index in [0.29, 0.717) is 12.1 Å². The fourth-order valence-corrected chi connectivity index (χ4v) is 4.04. The van der Waals surface area contributed by atoms with Gasteiger partial charge in [0.25, 0.3) is 0 Å². The van der Waals surface area contributed by atoms with Gasteiger partial charge in [-0.3, -0.25) is 0 Å². The van der Waals surface area contributed by atoms with Crippen LogP contribution >= 0.6 is 0 Å². The molecule has 2 nitrogen and oxygen atoms in total. The second-order valence-corrected chi connectivity index (χ2v) is 6.65. The first kappa shape index (κ1) is 15.1. The van der Waals surface area contributed by atoms with Gasteiger partial charge in [0.15, 0.2) is 0 Å². The first-order valence-corrected chi connectivity index (χ1v) is 8.81. The molecular formula is C19H29NO. The fourth-order valence-electron chi connectivity index (χ4n) is 4.04. The Morgan fingerprint density at radius 2 is 2.10 bits per heavy atom. The smallest absolute Gasteiger partial charge is 0.0579 e. The predicted molar refractivity (Wildman–Crippen MR) is 87.5 cm³/mol. The Balaban J connectivity index is 1.79. The Morgan fingerprint density at radius 1 is 1.19 bits per heavy atom. The van der Waals surface area contributed by atoms with Crippen molar-refractivity contribution >= 4 is 0 Å². The van der Waals surface area contributed by atoms with Crippen LogP contribution in [0.3, 0.4) is 0 Å². The average Bonchev–Trinajstić information content (AvgIpc) is 2.95. The van der Waals surface area contributed by atoms with E-state index >= 15 is 0 Å². The van der Waals surface area contributed by atoms with Crippen LogP contribution in [0.15, 0.2) is 24.3 Å². The van der Waals surface area contributed by atoms with E-state index < -0.39 is 0 Å². The number of ether oxygens (including phenoxy) is 1. The lowest BCUT2D eigenvalue weighted by Crippen LogP contribution is -2.31. The van der Waals surface area contributed by atoms with Crippen molar-refractivity contribution in [2.24, 2.45) is 5.92 Å². The largest absolute Gasteiger partial charge is 0.378 e. The summed E-state index contributed by atoms with van der Waals surface area (Å²) >= 11 is 0. The summed E-state index contributed by atoms with van der Waals surface area (Å²) in [5.74, 6) is 0.725. The maximum atomic E-state index is 5.91. The van der Waals surface area contributed by atoms with Crippen molar-refractivity contribution in [1.82, 2.24) is 5.32 Å². The maximum Gasteiger partial charge on any atom is 0.0579 e. The Hall–Kier alpha value is -0.860. The zero-order chi connectivity index (χ0) is 14.5. The fraction of sp³-hybridized carbons (Fsp3) is 0.684. The molecule has 116 valence electrons. The zero-order valence-electron chi connectivity index (χ0n) is 13.3. The molecule has 1 aromatic rings. The second kappa shape index (κ2) is 7.42. The summed E-state index contributed by atoms with van der Waals surface area (Å²) in [6, 6.07) is 9.58. The minimum absolute atomic E-state index is 0.506. The highest BCUT2D eigenvalue weighted by Gasteiger charge is 2.30. The molecule has 0 amide bonds. The molecule has 2 aliphatic rings. The Morgan fingerprint density at radius 3 is 2.90 bits per heavy atom. The SMILES string of the molecule is CCCNC1c2ccccc2CCCC1CC1CCCO1. The van der Waals surface area contributed by atoms with Crippen LogP contribution < -0.4 is 5.32 Å². The maximum absolute atomic E-state index is 5.91. The molecule has 1 aromatic carbocycles. The molecule has 3 unspecified atom stereocenters. The summed E-state index contributed by atoms with van der Waals surface area (Å²) in [5, 5.41) is 3.84. The van der Waals surface area contributed by atoms with E-state index in [-0.39, 0.29) is 0 Å². The standard InChI is InChI=1S/C19H29NO/c1-2-12-20-19-16(14-17-10-6-13-21-17)9-5-8-15-7-3-4-11-18(15)19/h3-4,7,11,16-17,19-20H,2,5-6,8-10,12-14H2,1H3. The molecule has 1 aliphatic carbocycles. The highest BCUT2D eigenvalue weighted by atomic mass is 16.5. The van der Waals surface area contributed by atoms with E-state index in [0.717, 1.165) is 19.1 Å². The summed E-state index contributed by atoms with van der Waals surface area (Å²) in [5.41, 5.74) is 3.10. The van der Waals surface area contributed by atoms with E-state index in [1.165, 1.54) is 44.9 Å². The van der Waals surface area contributed by atoms with Crippen molar-refractivity contribution in [1.29, 1.82) is 0 Å². The third-order valence-corrected chi connectivity index (χ3v) is 5.09. The summed E-state index contributed by atoms with van der Waals surface area (Å²) in [6.45, 7) is 4.34. The molecular weight excluding hydrogens is 258 g/mol. The predicted octanol–water partition coefficient (Wildman–Crippen LogP) is 4.25. The quantitative estimate of drug-likeness (QED) is 0.818. The highest BCUT2D eigenvalue weighted by molar-refractivity contribution is 5.31. The Bertz CT molecular complexity index is 439. The van der Waals surface area contributed by atoms with Crippen molar-refractivity contribution in [3.8, 4) is 0 Å². The number of benzene rings is 1. The van der Waals surface area contributed by atoms with Gasteiger partial charge in [0.05, 0.1) is 6.10 Å². The molecule has 0 radical (unpaired) electrons. The second-order valence-electron chi connectivity index (χ2n) is 6.65. The minimum Gasteiger partial charge on any atom is -0.378 e. The van der Waals surface area contributed by atoms with Gasteiger partial charge in [-0.15, -0.1) is 0 Å². The van der Waals surface area contributed by atoms with E-state index in [2.05, 4.69) is 36.5 Å². The van der Waals surface area contributed by atoms with Crippen LogP contribution in [-0.2, 0) is 11.2 Å². The van der Waals surface area contributed by atoms with Gasteiger partial charge in [-0.1, -0.05) is 31.2 Å². The molecule has 0 saturated carbocycles. The first-order valence-electron chi connectivity index (χ1n) is 8.81. The lowest BCUT2D eigenvalue weighted by molar-refractivity contribution is 0.0811. The van der Waals surface area contributed by atoms with Crippen molar-refractivity contribution in [2.45, 2.75) is 64.0 Å². The molecule has 3 rings (SSSR count). The Labute approximate surface area is 129 Å². The zero-order valence-corrected chi connectivity index (χ0v) is 13.3. The van der Waals surface area contributed by atoms with Crippen LogP contribution in [0.25, 0.3) is 0 Å². The third-order valence-electron chi connectivity index (χ3n) is 5.09. The third kappa shape index (κ3) is 3.67. The van der Waals surface area contributed by atoms with E-state index in [9.17, 15) is 0 Å². The summed E-state index contributed by atoms with van der Waals surface area (Å²) in [7, 11) is 0. The van der Waals surface area contributed by atoms with Gasteiger partial charge in [-0.05, 0) is 68.5 Å². The van der Waals surface area contributed by atoms with Crippen LogP contribution in [0, 0.1) is 5.92 Å². The van der Waals surface area contributed by atoms with Crippen molar-refractivity contribution < 1.29 is 4.74 Å². The van der Waals surface area contributed by atoms with Crippen LogP contribution in [0.4, 0.5) is 0 Å². The lowest BCUT2D eigenvalue weighted by Gasteiger charge is -2.29. The molecule has 2 heteroatoms. The van der Waals surface area contributed by atoms with E-state index in [1.807, 2.05) is 0 Å². The summed E-state index contributed by atoms with van der Waals surface area (Å²) in [4.78, 5) is 0. The number of fused-ring (bicyclic) bond motifs is 1. The van der Waals surface area contributed by atoms with E-state index in [4.69, 9.17) is 4.74 Å². The topological polar surface area (TPSA) is 21.3 Å². The van der Waals surface area contributed by atoms with Crippen LogP contribution in [-0.4, -0.2) is 19.3 Å². The summed E-state index contributed by atoms with van der Waals surface area (Å²) < 4.78 is 5.91. The number of hydrogen-bond acceptors (Lipinski definition) is 2.